The van der Waals surface area contributed by atoms with Crippen LogP contribution in [0.1, 0.15) is 58.8 Å². The molecule has 0 aromatic rings. The fraction of sp³-hybridized carbons (Fsp3) is 0.938. The lowest BCUT2D eigenvalue weighted by Crippen LogP contribution is -2.61. The van der Waals surface area contributed by atoms with E-state index in [4.69, 9.17) is 4.74 Å². The average molecular weight is 281 g/mol. The lowest BCUT2D eigenvalue weighted by atomic mass is 9.71. The Morgan fingerprint density at radius 1 is 1.25 bits per heavy atom. The molecular weight excluding hydrogens is 254 g/mol. The summed E-state index contributed by atoms with van der Waals surface area (Å²) in [4.78, 5) is 14.1. The quantitative estimate of drug-likeness (QED) is 0.845. The van der Waals surface area contributed by atoms with Gasteiger partial charge in [0.1, 0.15) is 6.04 Å². The lowest BCUT2D eigenvalue weighted by Gasteiger charge is -2.53. The van der Waals surface area contributed by atoms with E-state index in [1.807, 2.05) is 0 Å². The zero-order valence-electron chi connectivity index (χ0n) is 12.7. The zero-order chi connectivity index (χ0) is 14.4. The summed E-state index contributed by atoms with van der Waals surface area (Å²) in [6.07, 6.45) is 7.74. The van der Waals surface area contributed by atoms with Gasteiger partial charge in [0.2, 0.25) is 0 Å². The Labute approximate surface area is 121 Å². The maximum Gasteiger partial charge on any atom is 0.321 e. The van der Waals surface area contributed by atoms with Crippen molar-refractivity contribution in [1.29, 1.82) is 0 Å². The first-order chi connectivity index (χ1) is 9.44. The van der Waals surface area contributed by atoms with Crippen LogP contribution >= 0.6 is 0 Å². The first-order valence-electron chi connectivity index (χ1n) is 8.06. The Hall–Kier alpha value is -0.610. The van der Waals surface area contributed by atoms with Gasteiger partial charge in [-0.1, -0.05) is 13.8 Å². The molecule has 0 radical (unpaired) electrons. The average Bonchev–Trinajstić information content (AvgIpc) is 2.35. The number of aliphatic carboxylic acids is 1. The maximum atomic E-state index is 11.8. The highest BCUT2D eigenvalue weighted by Gasteiger charge is 2.49. The fourth-order valence-electron chi connectivity index (χ4n) is 4.51. The number of ether oxygens (including phenoxy) is 1. The third kappa shape index (κ3) is 2.37. The second-order valence-electron chi connectivity index (χ2n) is 7.60. The van der Waals surface area contributed by atoms with Gasteiger partial charge < -0.3 is 9.84 Å². The number of rotatable bonds is 2. The summed E-state index contributed by atoms with van der Waals surface area (Å²) in [5.41, 5.74) is -0.0390. The van der Waals surface area contributed by atoms with Crippen LogP contribution in [0.3, 0.4) is 0 Å². The Morgan fingerprint density at radius 3 is 2.60 bits per heavy atom. The van der Waals surface area contributed by atoms with Gasteiger partial charge in [0.15, 0.2) is 0 Å². The molecule has 1 N–H and O–H groups in total. The van der Waals surface area contributed by atoms with Gasteiger partial charge in [0.25, 0.3) is 0 Å². The molecule has 3 rings (SSSR count). The SMILES string of the molecule is CC1(C)CCCN(C2CCOC3(CCC3)C2)C1C(=O)O. The molecule has 0 bridgehead atoms. The predicted octanol–water partition coefficient (Wildman–Crippen LogP) is 2.66. The van der Waals surface area contributed by atoms with E-state index in [-0.39, 0.29) is 17.1 Å². The molecular formula is C16H27NO3. The van der Waals surface area contributed by atoms with Gasteiger partial charge in [-0.05, 0) is 56.9 Å². The van der Waals surface area contributed by atoms with Gasteiger partial charge >= 0.3 is 5.97 Å². The van der Waals surface area contributed by atoms with Gasteiger partial charge in [-0.3, -0.25) is 9.69 Å². The highest BCUT2D eigenvalue weighted by molar-refractivity contribution is 5.74. The largest absolute Gasteiger partial charge is 0.480 e. The normalized spacial score (nSPS) is 36.5. The summed E-state index contributed by atoms with van der Waals surface area (Å²) in [6, 6.07) is 0.0567. The Kier molecular flexibility index (Phi) is 3.57. The van der Waals surface area contributed by atoms with E-state index in [2.05, 4.69) is 18.7 Å². The van der Waals surface area contributed by atoms with Gasteiger partial charge in [0.05, 0.1) is 5.60 Å². The summed E-state index contributed by atoms with van der Waals surface area (Å²) >= 11 is 0. The molecule has 4 heteroatoms. The summed E-state index contributed by atoms with van der Waals surface area (Å²) < 4.78 is 6.00. The third-order valence-electron chi connectivity index (χ3n) is 5.74. The fourth-order valence-corrected chi connectivity index (χ4v) is 4.51. The van der Waals surface area contributed by atoms with Crippen LogP contribution in [0, 0.1) is 5.41 Å². The molecule has 0 aromatic heterocycles. The molecule has 2 atom stereocenters. The van der Waals surface area contributed by atoms with Crippen molar-refractivity contribution in [3.05, 3.63) is 0 Å². The van der Waals surface area contributed by atoms with Crippen molar-refractivity contribution in [2.24, 2.45) is 5.41 Å². The second-order valence-corrected chi connectivity index (χ2v) is 7.60. The van der Waals surface area contributed by atoms with Crippen molar-refractivity contribution in [1.82, 2.24) is 4.90 Å². The molecule has 4 nitrogen and oxygen atoms in total. The predicted molar refractivity (Wildman–Crippen MR) is 76.7 cm³/mol. The number of hydrogen-bond acceptors (Lipinski definition) is 3. The molecule has 2 heterocycles. The Balaban J connectivity index is 1.78. The van der Waals surface area contributed by atoms with E-state index in [0.29, 0.717) is 6.04 Å². The van der Waals surface area contributed by atoms with Crippen molar-refractivity contribution in [3.63, 3.8) is 0 Å². The summed E-state index contributed by atoms with van der Waals surface area (Å²) in [5.74, 6) is -0.649. The number of likely N-dealkylation sites (tertiary alicyclic amines) is 1. The van der Waals surface area contributed by atoms with Gasteiger partial charge in [-0.2, -0.15) is 0 Å². The summed E-state index contributed by atoms with van der Waals surface area (Å²) in [7, 11) is 0. The minimum Gasteiger partial charge on any atom is -0.480 e. The van der Waals surface area contributed by atoms with E-state index in [1.165, 1.54) is 19.3 Å². The van der Waals surface area contributed by atoms with Crippen molar-refractivity contribution >= 4 is 5.97 Å². The van der Waals surface area contributed by atoms with Crippen LogP contribution in [0.5, 0.6) is 0 Å². The summed E-state index contributed by atoms with van der Waals surface area (Å²) in [5, 5.41) is 9.70. The Bertz CT molecular complexity index is 389. The van der Waals surface area contributed by atoms with Crippen LogP contribution in [-0.4, -0.2) is 46.8 Å². The highest BCUT2D eigenvalue weighted by atomic mass is 16.5. The number of hydrogen-bond donors (Lipinski definition) is 1. The van der Waals surface area contributed by atoms with Crippen LogP contribution in [0.25, 0.3) is 0 Å². The molecule has 1 aliphatic carbocycles. The number of carboxylic acid groups (broad SMARTS) is 1. The number of carbonyl (C=O) groups is 1. The molecule has 0 amide bonds. The smallest absolute Gasteiger partial charge is 0.321 e. The Morgan fingerprint density at radius 2 is 2.00 bits per heavy atom. The zero-order valence-corrected chi connectivity index (χ0v) is 12.7. The molecule has 3 aliphatic rings. The van der Waals surface area contributed by atoms with Crippen molar-refractivity contribution in [2.75, 3.05) is 13.2 Å². The van der Waals surface area contributed by atoms with E-state index in [9.17, 15) is 9.90 Å². The highest BCUT2D eigenvalue weighted by Crippen LogP contribution is 2.45. The van der Waals surface area contributed by atoms with Crippen molar-refractivity contribution < 1.29 is 14.6 Å². The third-order valence-corrected chi connectivity index (χ3v) is 5.74. The molecule has 2 saturated heterocycles. The minimum absolute atomic E-state index is 0.0908. The van der Waals surface area contributed by atoms with Gasteiger partial charge in [-0.15, -0.1) is 0 Å². The van der Waals surface area contributed by atoms with Crippen LogP contribution in [-0.2, 0) is 9.53 Å². The van der Waals surface area contributed by atoms with Crippen LogP contribution in [0.15, 0.2) is 0 Å². The molecule has 114 valence electrons. The summed E-state index contributed by atoms with van der Waals surface area (Å²) in [6.45, 7) is 5.95. The minimum atomic E-state index is -0.649. The topological polar surface area (TPSA) is 49.8 Å². The molecule has 0 aromatic carbocycles. The first-order valence-corrected chi connectivity index (χ1v) is 8.06. The van der Waals surface area contributed by atoms with Crippen LogP contribution < -0.4 is 0 Å². The van der Waals surface area contributed by atoms with E-state index < -0.39 is 5.97 Å². The first kappa shape index (κ1) is 14.3. The van der Waals surface area contributed by atoms with Crippen LogP contribution in [0.2, 0.25) is 0 Å². The van der Waals surface area contributed by atoms with Gasteiger partial charge in [0, 0.05) is 12.6 Å². The van der Waals surface area contributed by atoms with E-state index >= 15 is 0 Å². The number of nitrogens with zero attached hydrogens (tertiary/aromatic N) is 1. The van der Waals surface area contributed by atoms with Crippen LogP contribution in [0.4, 0.5) is 0 Å². The molecule has 20 heavy (non-hydrogen) atoms. The lowest BCUT2D eigenvalue weighted by molar-refractivity contribution is -0.172. The standard InChI is InChI=1S/C16H27NO3/c1-15(2)6-4-9-17(13(15)14(18)19)12-5-10-20-16(11-12)7-3-8-16/h12-13H,3-11H2,1-2H3,(H,18,19). The monoisotopic (exact) mass is 281 g/mol. The van der Waals surface area contributed by atoms with E-state index in [1.54, 1.807) is 0 Å². The van der Waals surface area contributed by atoms with Crippen molar-refractivity contribution in [3.8, 4) is 0 Å². The number of carboxylic acids is 1. The molecule has 2 unspecified atom stereocenters. The second kappa shape index (κ2) is 4.99. The van der Waals surface area contributed by atoms with Crippen molar-refractivity contribution in [2.45, 2.75) is 76.5 Å². The molecule has 1 spiro atoms. The van der Waals surface area contributed by atoms with E-state index in [0.717, 1.165) is 38.8 Å². The number of piperidine rings is 1. The van der Waals surface area contributed by atoms with Gasteiger partial charge in [-0.25, -0.2) is 0 Å². The molecule has 3 fully saturated rings. The molecule has 1 saturated carbocycles. The maximum absolute atomic E-state index is 11.8. The molecule has 2 aliphatic heterocycles.